The molecular formula is C15H18F5NO. The van der Waals surface area contributed by atoms with E-state index in [0.717, 1.165) is 50.6 Å². The molecule has 22 heavy (non-hydrogen) atoms. The van der Waals surface area contributed by atoms with E-state index in [0.29, 0.717) is 6.54 Å². The Kier molecular flexibility index (Phi) is 5.26. The molecule has 1 aromatic rings. The molecular weight excluding hydrogens is 305 g/mol. The first-order valence-electron chi connectivity index (χ1n) is 7.21. The summed E-state index contributed by atoms with van der Waals surface area (Å²) in [5, 5.41) is 0. The number of hydrogen-bond acceptors (Lipinski definition) is 2. The maximum atomic E-state index is 13.5. The summed E-state index contributed by atoms with van der Waals surface area (Å²) in [7, 11) is 0. The van der Waals surface area contributed by atoms with Crippen LogP contribution in [0.25, 0.3) is 0 Å². The van der Waals surface area contributed by atoms with E-state index >= 15 is 0 Å². The summed E-state index contributed by atoms with van der Waals surface area (Å²) in [5.41, 5.74) is -1.14. The fourth-order valence-corrected chi connectivity index (χ4v) is 2.47. The van der Waals surface area contributed by atoms with Crippen molar-refractivity contribution in [2.75, 3.05) is 26.2 Å². The Bertz CT molecular complexity index is 483. The molecule has 1 aromatic carbocycles. The van der Waals surface area contributed by atoms with E-state index < -0.39 is 23.4 Å². The molecule has 0 atom stereocenters. The zero-order valence-electron chi connectivity index (χ0n) is 12.0. The molecule has 0 unspecified atom stereocenters. The summed E-state index contributed by atoms with van der Waals surface area (Å²) in [6, 6.07) is 4.42. The van der Waals surface area contributed by atoms with Crippen LogP contribution in [0.5, 0.6) is 5.75 Å². The van der Waals surface area contributed by atoms with Crippen LogP contribution in [0.2, 0.25) is 0 Å². The smallest absolute Gasteiger partial charge is 0.458 e. The molecule has 0 saturated carbocycles. The second-order valence-corrected chi connectivity index (χ2v) is 5.32. The summed E-state index contributed by atoms with van der Waals surface area (Å²) in [4.78, 5) is 2.12. The topological polar surface area (TPSA) is 12.5 Å². The van der Waals surface area contributed by atoms with Gasteiger partial charge in [0.25, 0.3) is 0 Å². The largest absolute Gasteiger partial charge is 0.492 e. The third kappa shape index (κ3) is 3.88. The second kappa shape index (κ2) is 6.81. The Balaban J connectivity index is 2.02. The Morgan fingerprint density at radius 3 is 2.23 bits per heavy atom. The van der Waals surface area contributed by atoms with Gasteiger partial charge in [0.05, 0.1) is 5.56 Å². The Labute approximate surface area is 125 Å². The van der Waals surface area contributed by atoms with Crippen molar-refractivity contribution >= 4 is 0 Å². The van der Waals surface area contributed by atoms with Gasteiger partial charge in [0, 0.05) is 6.54 Å². The fraction of sp³-hybridized carbons (Fsp3) is 0.600. The number of benzene rings is 1. The molecule has 0 amide bonds. The van der Waals surface area contributed by atoms with Crippen LogP contribution >= 0.6 is 0 Å². The average Bonchev–Trinajstić information content (AvgIpc) is 2.47. The molecule has 0 radical (unpaired) electrons. The number of likely N-dealkylation sites (tertiary alicyclic amines) is 1. The average molecular weight is 323 g/mol. The molecule has 1 aliphatic rings. The molecule has 0 N–H and O–H groups in total. The third-order valence-electron chi connectivity index (χ3n) is 3.70. The van der Waals surface area contributed by atoms with Gasteiger partial charge in [0.1, 0.15) is 12.4 Å². The summed E-state index contributed by atoms with van der Waals surface area (Å²) in [6.07, 6.45) is -2.33. The van der Waals surface area contributed by atoms with Crippen LogP contribution in [0, 0.1) is 0 Å². The third-order valence-corrected chi connectivity index (χ3v) is 3.70. The Morgan fingerprint density at radius 1 is 0.955 bits per heavy atom. The summed E-state index contributed by atoms with van der Waals surface area (Å²) >= 11 is 0. The van der Waals surface area contributed by atoms with Crippen LogP contribution in [-0.4, -0.2) is 37.3 Å². The van der Waals surface area contributed by atoms with Gasteiger partial charge in [-0.1, -0.05) is 18.6 Å². The van der Waals surface area contributed by atoms with Gasteiger partial charge in [-0.15, -0.1) is 0 Å². The minimum absolute atomic E-state index is 0.0882. The van der Waals surface area contributed by atoms with Crippen molar-refractivity contribution in [2.24, 2.45) is 0 Å². The molecule has 0 aliphatic carbocycles. The lowest BCUT2D eigenvalue weighted by molar-refractivity contribution is -0.289. The lowest BCUT2D eigenvalue weighted by atomic mass is 10.1. The highest BCUT2D eigenvalue weighted by Gasteiger charge is 2.59. The van der Waals surface area contributed by atoms with Crippen molar-refractivity contribution in [3.8, 4) is 5.75 Å². The van der Waals surface area contributed by atoms with E-state index in [4.69, 9.17) is 4.74 Å². The van der Waals surface area contributed by atoms with Crippen LogP contribution in [0.15, 0.2) is 24.3 Å². The molecule has 1 aliphatic heterocycles. The normalized spacial score (nSPS) is 17.5. The monoisotopic (exact) mass is 323 g/mol. The highest BCUT2D eigenvalue weighted by Crippen LogP contribution is 2.46. The van der Waals surface area contributed by atoms with Crippen molar-refractivity contribution in [2.45, 2.75) is 31.4 Å². The van der Waals surface area contributed by atoms with Crippen molar-refractivity contribution in [1.29, 1.82) is 0 Å². The van der Waals surface area contributed by atoms with Crippen molar-refractivity contribution < 1.29 is 26.7 Å². The van der Waals surface area contributed by atoms with E-state index in [2.05, 4.69) is 4.90 Å². The molecule has 0 spiro atoms. The highest BCUT2D eigenvalue weighted by molar-refractivity contribution is 5.37. The minimum atomic E-state index is -5.64. The van der Waals surface area contributed by atoms with Gasteiger partial charge in [-0.05, 0) is 38.1 Å². The van der Waals surface area contributed by atoms with Crippen LogP contribution in [0.4, 0.5) is 22.0 Å². The maximum Gasteiger partial charge on any atom is 0.458 e. The van der Waals surface area contributed by atoms with E-state index in [1.54, 1.807) is 0 Å². The molecule has 124 valence electrons. The quantitative estimate of drug-likeness (QED) is 0.753. The lowest BCUT2D eigenvalue weighted by Crippen LogP contribution is -2.35. The fourth-order valence-electron chi connectivity index (χ4n) is 2.47. The molecule has 1 heterocycles. The van der Waals surface area contributed by atoms with Gasteiger partial charge in [-0.3, -0.25) is 4.90 Å². The van der Waals surface area contributed by atoms with Gasteiger partial charge in [0.15, 0.2) is 0 Å². The lowest BCUT2D eigenvalue weighted by Gasteiger charge is -2.27. The second-order valence-electron chi connectivity index (χ2n) is 5.32. The first kappa shape index (κ1) is 17.0. The van der Waals surface area contributed by atoms with Crippen molar-refractivity contribution in [1.82, 2.24) is 4.90 Å². The SMILES string of the molecule is FC(F)(F)C(F)(F)c1ccccc1OCCN1CCCCC1. The zero-order chi connectivity index (χ0) is 16.2. The number of piperidine rings is 1. The number of ether oxygens (including phenoxy) is 1. The standard InChI is InChI=1S/C15H18F5NO/c16-14(17,15(18,19)20)12-6-2-3-7-13(12)22-11-10-21-8-4-1-5-9-21/h2-3,6-7H,1,4-5,8-11H2. The number of halogens is 5. The van der Waals surface area contributed by atoms with Gasteiger partial charge in [0.2, 0.25) is 0 Å². The Morgan fingerprint density at radius 2 is 1.59 bits per heavy atom. The number of rotatable bonds is 5. The molecule has 2 rings (SSSR count). The molecule has 0 bridgehead atoms. The van der Waals surface area contributed by atoms with Gasteiger partial charge in [-0.25, -0.2) is 0 Å². The van der Waals surface area contributed by atoms with E-state index in [9.17, 15) is 22.0 Å². The van der Waals surface area contributed by atoms with Gasteiger partial charge < -0.3 is 4.74 Å². The van der Waals surface area contributed by atoms with Crippen molar-refractivity contribution in [3.63, 3.8) is 0 Å². The molecule has 7 heteroatoms. The summed E-state index contributed by atoms with van der Waals surface area (Å²) in [6.45, 7) is 2.42. The van der Waals surface area contributed by atoms with Crippen LogP contribution in [0.3, 0.4) is 0 Å². The number of para-hydroxylation sites is 1. The van der Waals surface area contributed by atoms with Gasteiger partial charge in [-0.2, -0.15) is 22.0 Å². The highest BCUT2D eigenvalue weighted by atomic mass is 19.4. The Hall–Kier alpha value is -1.37. The number of alkyl halides is 5. The molecule has 1 saturated heterocycles. The molecule has 1 fully saturated rings. The van der Waals surface area contributed by atoms with Crippen LogP contribution in [0.1, 0.15) is 24.8 Å². The number of hydrogen-bond donors (Lipinski definition) is 0. The molecule has 2 nitrogen and oxygen atoms in total. The first-order valence-corrected chi connectivity index (χ1v) is 7.21. The van der Waals surface area contributed by atoms with Gasteiger partial charge >= 0.3 is 12.1 Å². The van der Waals surface area contributed by atoms with E-state index in [1.165, 1.54) is 6.07 Å². The molecule has 0 aromatic heterocycles. The summed E-state index contributed by atoms with van der Waals surface area (Å²) in [5.74, 6) is -5.34. The van der Waals surface area contributed by atoms with Crippen LogP contribution in [-0.2, 0) is 5.92 Å². The van der Waals surface area contributed by atoms with E-state index in [1.807, 2.05) is 0 Å². The number of nitrogens with zero attached hydrogens (tertiary/aromatic N) is 1. The van der Waals surface area contributed by atoms with Crippen LogP contribution < -0.4 is 4.74 Å². The minimum Gasteiger partial charge on any atom is -0.492 e. The zero-order valence-corrected chi connectivity index (χ0v) is 12.0. The predicted octanol–water partition coefficient (Wildman–Crippen LogP) is 4.21. The maximum absolute atomic E-state index is 13.5. The summed E-state index contributed by atoms with van der Waals surface area (Å²) < 4.78 is 69.7. The van der Waals surface area contributed by atoms with Crippen molar-refractivity contribution in [3.05, 3.63) is 29.8 Å². The predicted molar refractivity (Wildman–Crippen MR) is 72.2 cm³/mol. The van der Waals surface area contributed by atoms with E-state index in [-0.39, 0.29) is 6.61 Å². The first-order chi connectivity index (χ1) is 10.3.